The summed E-state index contributed by atoms with van der Waals surface area (Å²) in [6.07, 6.45) is 0. The van der Waals surface area contributed by atoms with Crippen molar-refractivity contribution in [2.24, 2.45) is 16.2 Å². The van der Waals surface area contributed by atoms with Gasteiger partial charge in [0.15, 0.2) is 0 Å². The number of hydrogen-bond donors (Lipinski definition) is 0. The van der Waals surface area contributed by atoms with E-state index in [0.29, 0.717) is 11.3 Å². The smallest absolute Gasteiger partial charge is 0.0192 e. The van der Waals surface area contributed by atoms with Crippen LogP contribution in [0.1, 0.15) is 69.2 Å². The molecular formula is C23H32P2S2. The number of rotatable bonds is 0. The van der Waals surface area contributed by atoms with Gasteiger partial charge in [0.05, 0.1) is 0 Å². The molecule has 5 aliphatic rings. The summed E-state index contributed by atoms with van der Waals surface area (Å²) in [6, 6.07) is -3.47. The molecule has 0 N–H and O–H groups in total. The third-order valence-electron chi connectivity index (χ3n) is 10.1. The van der Waals surface area contributed by atoms with E-state index in [9.17, 15) is 0 Å². The lowest BCUT2D eigenvalue weighted by Gasteiger charge is -2.45. The molecule has 6 atom stereocenters. The van der Waals surface area contributed by atoms with Crippen LogP contribution in [0.4, 0.5) is 0 Å². The van der Waals surface area contributed by atoms with E-state index in [0.717, 1.165) is 0 Å². The largest absolute Gasteiger partial charge is 0.0876 e. The maximum Gasteiger partial charge on any atom is 0.0192 e. The molecule has 0 nitrogen and oxygen atoms in total. The second kappa shape index (κ2) is 4.61. The van der Waals surface area contributed by atoms with E-state index in [1.807, 2.05) is 0 Å². The van der Waals surface area contributed by atoms with Gasteiger partial charge in [0.25, 0.3) is 0 Å². The van der Waals surface area contributed by atoms with E-state index in [2.05, 4.69) is 69.2 Å². The molecule has 0 aromatic rings. The molecule has 0 aromatic carbocycles. The molecule has 1 aliphatic carbocycles. The fourth-order valence-electron chi connectivity index (χ4n) is 8.09. The molecule has 0 amide bonds. The average Bonchev–Trinajstić information content (AvgIpc) is 3.13. The molecule has 0 saturated heterocycles. The van der Waals surface area contributed by atoms with E-state index >= 15 is 0 Å². The Kier molecular flexibility index (Phi) is 3.29. The predicted octanol–water partition coefficient (Wildman–Crippen LogP) is 7.93. The Morgan fingerprint density at radius 2 is 0.963 bits per heavy atom. The Morgan fingerprint density at radius 1 is 0.667 bits per heavy atom. The van der Waals surface area contributed by atoms with Gasteiger partial charge in [0.1, 0.15) is 0 Å². The summed E-state index contributed by atoms with van der Waals surface area (Å²) in [6.45, 7) is 24.4. The van der Waals surface area contributed by atoms with E-state index in [-0.39, 0.29) is 16.2 Å². The summed E-state index contributed by atoms with van der Waals surface area (Å²) in [7, 11) is 0. The molecule has 5 rings (SSSR count). The van der Waals surface area contributed by atoms with Gasteiger partial charge in [-0.3, -0.25) is 0 Å². The normalized spacial score (nSPS) is 51.9. The van der Waals surface area contributed by atoms with Crippen molar-refractivity contribution in [2.45, 2.75) is 80.6 Å². The van der Waals surface area contributed by atoms with Crippen LogP contribution in [0.15, 0.2) is 43.5 Å². The van der Waals surface area contributed by atoms with Gasteiger partial charge in [-0.05, 0) is 60.1 Å². The highest BCUT2D eigenvalue weighted by Gasteiger charge is 2.73. The van der Waals surface area contributed by atoms with E-state index < -0.39 is 12.1 Å². The second-order valence-electron chi connectivity index (χ2n) is 10.6. The summed E-state index contributed by atoms with van der Waals surface area (Å²) in [5.41, 5.74) is 8.02. The molecule has 0 fully saturated rings. The zero-order chi connectivity index (χ0) is 20.3. The van der Waals surface area contributed by atoms with Crippen molar-refractivity contribution < 1.29 is 0 Å². The molecule has 4 bridgehead atoms. The first kappa shape index (κ1) is 19.2. The van der Waals surface area contributed by atoms with Crippen LogP contribution in [0, 0.1) is 16.2 Å². The first-order valence-electron chi connectivity index (χ1n) is 10.3. The minimum Gasteiger partial charge on any atom is -0.0876 e. The number of fused-ring (bicyclic) bond motifs is 9. The molecule has 4 heteroatoms. The van der Waals surface area contributed by atoms with E-state index in [1.165, 1.54) is 0 Å². The SMILES string of the molecule is CC1=C(C)P2(=S)C3=C(C(C)(C)C4=C3P3(=S)C(C)=C(C)[C@@]4(C)C3C)[C@@]1(C)C2C. The first-order chi connectivity index (χ1) is 12.2. The highest BCUT2D eigenvalue weighted by molar-refractivity contribution is 8.22. The molecule has 27 heavy (non-hydrogen) atoms. The average molecular weight is 435 g/mol. The van der Waals surface area contributed by atoms with Crippen LogP contribution in [0.5, 0.6) is 0 Å². The van der Waals surface area contributed by atoms with Crippen molar-refractivity contribution in [3.8, 4) is 0 Å². The van der Waals surface area contributed by atoms with Crippen LogP contribution >= 0.6 is 12.1 Å². The second-order valence-corrected chi connectivity index (χ2v) is 20.4. The highest BCUT2D eigenvalue weighted by atomic mass is 32.4. The van der Waals surface area contributed by atoms with Crippen LogP contribution in [0.3, 0.4) is 0 Å². The first-order valence-corrected chi connectivity index (χ1v) is 16.0. The van der Waals surface area contributed by atoms with Gasteiger partial charge in [-0.15, -0.1) is 0 Å². The van der Waals surface area contributed by atoms with Crippen molar-refractivity contribution in [1.29, 1.82) is 0 Å². The lowest BCUT2D eigenvalue weighted by Crippen LogP contribution is -2.38. The summed E-state index contributed by atoms with van der Waals surface area (Å²) in [5.74, 6) is 0. The third-order valence-corrected chi connectivity index (χ3v) is 23.0. The van der Waals surface area contributed by atoms with Gasteiger partial charge in [-0.1, -0.05) is 76.3 Å². The van der Waals surface area contributed by atoms with Crippen LogP contribution in [0.25, 0.3) is 0 Å². The Bertz CT molecular complexity index is 1020. The quantitative estimate of drug-likeness (QED) is 0.355. The van der Waals surface area contributed by atoms with Crippen molar-refractivity contribution in [2.75, 3.05) is 0 Å². The summed E-state index contributed by atoms with van der Waals surface area (Å²) in [5, 5.41) is 6.39. The van der Waals surface area contributed by atoms with Crippen molar-refractivity contribution >= 4 is 35.7 Å². The van der Waals surface area contributed by atoms with Crippen molar-refractivity contribution in [1.82, 2.24) is 0 Å². The van der Waals surface area contributed by atoms with Crippen LogP contribution < -0.4 is 0 Å². The van der Waals surface area contributed by atoms with Gasteiger partial charge in [0, 0.05) is 39.6 Å². The van der Waals surface area contributed by atoms with Crippen molar-refractivity contribution in [3.63, 3.8) is 0 Å². The standard InChI is InChI=1S/C23H32P2S2/c1-11-13(3)24(26)15(5)22(11,9)19-17(24)18-20(21(19,7)8)23(10)12(2)14(4)25(18,27)16(23)6/h15-16H,1-10H3/t15?,16?,22-,23+,24?,25?. The van der Waals surface area contributed by atoms with Crippen LogP contribution in [0.2, 0.25) is 0 Å². The van der Waals surface area contributed by atoms with Gasteiger partial charge >= 0.3 is 0 Å². The molecular weight excluding hydrogens is 402 g/mol. The Hall–Kier alpha value is 0.260. The summed E-state index contributed by atoms with van der Waals surface area (Å²) in [4.78, 5) is 0. The van der Waals surface area contributed by atoms with Gasteiger partial charge in [-0.2, -0.15) is 0 Å². The Labute approximate surface area is 175 Å². The molecule has 0 saturated carbocycles. The molecule has 4 heterocycles. The highest BCUT2D eigenvalue weighted by Crippen LogP contribution is 2.96. The Morgan fingerprint density at radius 3 is 1.26 bits per heavy atom. The molecule has 4 aliphatic heterocycles. The fraction of sp³-hybridized carbons (Fsp3) is 0.652. The van der Waals surface area contributed by atoms with Gasteiger partial charge in [-0.25, -0.2) is 0 Å². The third kappa shape index (κ3) is 1.42. The van der Waals surface area contributed by atoms with E-state index in [4.69, 9.17) is 23.6 Å². The molecule has 146 valence electrons. The lowest BCUT2D eigenvalue weighted by atomic mass is 9.58. The maximum absolute atomic E-state index is 6.69. The number of allylic oxidation sites excluding steroid dienone is 8. The maximum atomic E-state index is 6.69. The molecule has 0 radical (unpaired) electrons. The van der Waals surface area contributed by atoms with Gasteiger partial charge < -0.3 is 0 Å². The summed E-state index contributed by atoms with van der Waals surface area (Å²) < 4.78 is 0. The van der Waals surface area contributed by atoms with Crippen LogP contribution in [-0.2, 0) is 23.6 Å². The van der Waals surface area contributed by atoms with Gasteiger partial charge in [0.2, 0.25) is 0 Å². The topological polar surface area (TPSA) is 0 Å². The number of hydrogen-bond acceptors (Lipinski definition) is 2. The molecule has 0 spiro atoms. The molecule has 0 aromatic heterocycles. The monoisotopic (exact) mass is 434 g/mol. The van der Waals surface area contributed by atoms with Crippen molar-refractivity contribution in [3.05, 3.63) is 43.5 Å². The predicted molar refractivity (Wildman–Crippen MR) is 128 cm³/mol. The minimum atomic E-state index is -1.74. The zero-order valence-corrected chi connectivity index (χ0v) is 21.8. The minimum absolute atomic E-state index is 0.0850. The van der Waals surface area contributed by atoms with Crippen LogP contribution in [-0.4, -0.2) is 11.3 Å². The summed E-state index contributed by atoms with van der Waals surface area (Å²) >= 11 is 13.4. The fourth-order valence-corrected chi connectivity index (χ4v) is 21.3. The Balaban J connectivity index is 1.94. The van der Waals surface area contributed by atoms with E-state index in [1.54, 1.807) is 43.5 Å². The lowest BCUT2D eigenvalue weighted by molar-refractivity contribution is 0.328. The molecule has 4 unspecified atom stereocenters. The zero-order valence-electron chi connectivity index (χ0n) is 18.4.